The molecule has 0 aromatic heterocycles. The summed E-state index contributed by atoms with van der Waals surface area (Å²) in [5, 5.41) is 0. The van der Waals surface area contributed by atoms with E-state index in [-0.39, 0.29) is 0 Å². The average molecular weight is 97.2 g/mol. The van der Waals surface area contributed by atoms with Crippen LogP contribution in [0, 0.1) is 18.8 Å². The summed E-state index contributed by atoms with van der Waals surface area (Å²) in [4.78, 5) is 0. The van der Waals surface area contributed by atoms with Gasteiger partial charge in [-0.1, -0.05) is 26.2 Å². The molecule has 1 aliphatic carbocycles. The van der Waals surface area contributed by atoms with Crippen LogP contribution in [0.3, 0.4) is 0 Å². The second-order valence-electron chi connectivity index (χ2n) is 2.61. The third kappa shape index (κ3) is 0.960. The van der Waals surface area contributed by atoms with Crippen molar-refractivity contribution in [3.8, 4) is 0 Å². The van der Waals surface area contributed by atoms with Gasteiger partial charge in [0.05, 0.1) is 0 Å². The maximum absolute atomic E-state index is 3.94. The fourth-order valence-corrected chi connectivity index (χ4v) is 1.21. The minimum atomic E-state index is 0.796. The van der Waals surface area contributed by atoms with Gasteiger partial charge in [0, 0.05) is 0 Å². The lowest BCUT2D eigenvalue weighted by atomic mass is 9.75. The Morgan fingerprint density at radius 2 is 2.14 bits per heavy atom. The van der Waals surface area contributed by atoms with Gasteiger partial charge in [-0.05, 0) is 5.92 Å². The van der Waals surface area contributed by atoms with Crippen LogP contribution >= 0.6 is 0 Å². The van der Waals surface area contributed by atoms with Crippen molar-refractivity contribution in [3.63, 3.8) is 0 Å². The lowest BCUT2D eigenvalue weighted by molar-refractivity contribution is 0.230. The smallest absolute Gasteiger partial charge is 0.0461 e. The fraction of sp³-hybridized carbons (Fsp3) is 0.857. The minimum Gasteiger partial charge on any atom is -0.340 e. The molecule has 1 aliphatic rings. The van der Waals surface area contributed by atoms with Crippen molar-refractivity contribution in [1.82, 2.24) is 0 Å². The van der Waals surface area contributed by atoms with Crippen LogP contribution in [0.1, 0.15) is 26.2 Å². The predicted octanol–water partition coefficient (Wildman–Crippen LogP) is 2.26. The molecule has 0 nitrogen and oxygen atoms in total. The minimum absolute atomic E-state index is 0.796. The third-order valence-corrected chi connectivity index (χ3v) is 1.91. The largest absolute Gasteiger partial charge is 0.340 e. The van der Waals surface area contributed by atoms with Crippen LogP contribution < -0.4 is 0 Å². The van der Waals surface area contributed by atoms with Crippen LogP contribution in [-0.2, 0) is 0 Å². The highest BCUT2D eigenvalue weighted by molar-refractivity contribution is 4.79. The molecule has 0 atom stereocenters. The molecular formula is C7H13-. The molecule has 42 valence electrons. The molecule has 0 aromatic rings. The van der Waals surface area contributed by atoms with Gasteiger partial charge in [0.2, 0.25) is 0 Å². The van der Waals surface area contributed by atoms with Crippen LogP contribution in [0.5, 0.6) is 0 Å². The first-order valence-electron chi connectivity index (χ1n) is 3.16. The topological polar surface area (TPSA) is 0 Å². The molecule has 0 spiro atoms. The summed E-state index contributed by atoms with van der Waals surface area (Å²) in [6.45, 7) is 6.20. The summed E-state index contributed by atoms with van der Waals surface area (Å²) in [6, 6.07) is 0. The SMILES string of the molecule is [CH2-]C1CC(CC)C1. The van der Waals surface area contributed by atoms with Gasteiger partial charge in [-0.3, -0.25) is 0 Å². The van der Waals surface area contributed by atoms with E-state index in [1.807, 2.05) is 0 Å². The highest BCUT2D eigenvalue weighted by atomic mass is 14.3. The monoisotopic (exact) mass is 97.1 g/mol. The van der Waals surface area contributed by atoms with Gasteiger partial charge < -0.3 is 6.92 Å². The second kappa shape index (κ2) is 1.85. The van der Waals surface area contributed by atoms with E-state index < -0.39 is 0 Å². The molecule has 0 bridgehead atoms. The zero-order chi connectivity index (χ0) is 5.28. The summed E-state index contributed by atoms with van der Waals surface area (Å²) in [5.74, 6) is 1.83. The average Bonchev–Trinajstić information content (AvgIpc) is 1.58. The normalized spacial score (nSPS) is 40.3. The van der Waals surface area contributed by atoms with Gasteiger partial charge >= 0.3 is 0 Å². The first-order chi connectivity index (χ1) is 3.33. The van der Waals surface area contributed by atoms with Crippen LogP contribution in [-0.4, -0.2) is 0 Å². The second-order valence-corrected chi connectivity index (χ2v) is 2.61. The number of rotatable bonds is 1. The van der Waals surface area contributed by atoms with E-state index in [1.165, 1.54) is 19.3 Å². The quantitative estimate of drug-likeness (QED) is 0.440. The maximum atomic E-state index is 3.94. The highest BCUT2D eigenvalue weighted by Crippen LogP contribution is 2.34. The van der Waals surface area contributed by atoms with E-state index in [2.05, 4.69) is 13.8 Å². The molecule has 0 heteroatoms. The lowest BCUT2D eigenvalue weighted by Crippen LogP contribution is -2.19. The fourth-order valence-electron chi connectivity index (χ4n) is 1.21. The molecule has 0 heterocycles. The standard InChI is InChI=1S/C7H13/c1-3-7-4-6(2)5-7/h6-7H,2-5H2,1H3/q-1. The zero-order valence-corrected chi connectivity index (χ0v) is 4.98. The molecule has 0 unspecified atom stereocenters. The predicted molar refractivity (Wildman–Crippen MR) is 31.9 cm³/mol. The van der Waals surface area contributed by atoms with Crippen LogP contribution in [0.4, 0.5) is 0 Å². The molecule has 0 aromatic carbocycles. The van der Waals surface area contributed by atoms with E-state index in [9.17, 15) is 0 Å². The molecule has 0 radical (unpaired) electrons. The summed E-state index contributed by atoms with van der Waals surface area (Å²) < 4.78 is 0. The van der Waals surface area contributed by atoms with Crippen molar-refractivity contribution in [2.75, 3.05) is 0 Å². The molecule has 7 heavy (non-hydrogen) atoms. The van der Waals surface area contributed by atoms with Crippen molar-refractivity contribution in [2.24, 2.45) is 11.8 Å². The van der Waals surface area contributed by atoms with Gasteiger partial charge in [-0.2, -0.15) is 5.92 Å². The van der Waals surface area contributed by atoms with E-state index in [0.29, 0.717) is 0 Å². The van der Waals surface area contributed by atoms with E-state index in [4.69, 9.17) is 0 Å². The molecule has 0 saturated heterocycles. The third-order valence-electron chi connectivity index (χ3n) is 1.91. The first kappa shape index (κ1) is 5.14. The Morgan fingerprint density at radius 3 is 2.29 bits per heavy atom. The summed E-state index contributed by atoms with van der Waals surface area (Å²) in [6.07, 6.45) is 4.14. The summed E-state index contributed by atoms with van der Waals surface area (Å²) in [5.41, 5.74) is 0. The first-order valence-corrected chi connectivity index (χ1v) is 3.16. The van der Waals surface area contributed by atoms with Gasteiger partial charge in [-0.15, -0.1) is 0 Å². The molecule has 0 N–H and O–H groups in total. The summed E-state index contributed by atoms with van der Waals surface area (Å²) >= 11 is 0. The molecule has 0 amide bonds. The lowest BCUT2D eigenvalue weighted by Gasteiger charge is -2.37. The Kier molecular flexibility index (Phi) is 1.36. The Balaban J connectivity index is 2.06. The van der Waals surface area contributed by atoms with Crippen molar-refractivity contribution < 1.29 is 0 Å². The number of hydrogen-bond donors (Lipinski definition) is 0. The van der Waals surface area contributed by atoms with Crippen molar-refractivity contribution in [1.29, 1.82) is 0 Å². The van der Waals surface area contributed by atoms with Crippen molar-refractivity contribution in [3.05, 3.63) is 6.92 Å². The van der Waals surface area contributed by atoms with Gasteiger partial charge in [0.25, 0.3) is 0 Å². The van der Waals surface area contributed by atoms with Crippen LogP contribution in [0.15, 0.2) is 0 Å². The molecule has 0 aliphatic heterocycles. The Hall–Kier alpha value is 0. The van der Waals surface area contributed by atoms with Gasteiger partial charge in [0.15, 0.2) is 0 Å². The van der Waals surface area contributed by atoms with Crippen molar-refractivity contribution >= 4 is 0 Å². The molecular weight excluding hydrogens is 84.1 g/mol. The van der Waals surface area contributed by atoms with Crippen molar-refractivity contribution in [2.45, 2.75) is 26.2 Å². The summed E-state index contributed by atoms with van der Waals surface area (Å²) in [7, 11) is 0. The van der Waals surface area contributed by atoms with Gasteiger partial charge in [0.1, 0.15) is 0 Å². The van der Waals surface area contributed by atoms with Gasteiger partial charge in [-0.25, -0.2) is 0 Å². The Labute approximate surface area is 45.9 Å². The highest BCUT2D eigenvalue weighted by Gasteiger charge is 2.17. The maximum Gasteiger partial charge on any atom is -0.0461 e. The van der Waals surface area contributed by atoms with Crippen LogP contribution in [0.2, 0.25) is 0 Å². The zero-order valence-electron chi connectivity index (χ0n) is 4.98. The van der Waals surface area contributed by atoms with E-state index in [0.717, 1.165) is 11.8 Å². The Morgan fingerprint density at radius 1 is 1.57 bits per heavy atom. The van der Waals surface area contributed by atoms with E-state index in [1.54, 1.807) is 0 Å². The molecule has 1 saturated carbocycles. The molecule has 1 rings (SSSR count). The Bertz CT molecular complexity index is 51.1. The number of hydrogen-bond acceptors (Lipinski definition) is 0. The molecule has 1 fully saturated rings. The van der Waals surface area contributed by atoms with E-state index >= 15 is 0 Å². The van der Waals surface area contributed by atoms with Crippen LogP contribution in [0.25, 0.3) is 0 Å².